The maximum absolute atomic E-state index is 7.68. The smallest absolute Gasteiger partial charge is 0.237 e. The van der Waals surface area contributed by atoms with Gasteiger partial charge in [-0.2, -0.15) is 0 Å². The Morgan fingerprint density at radius 1 is 1.40 bits per heavy atom. The molecule has 4 atom stereocenters. The Balaban J connectivity index is 2.01. The number of ether oxygens (including phenoxy) is 1. The van der Waals surface area contributed by atoms with Crippen molar-refractivity contribution in [1.82, 2.24) is 0 Å². The third-order valence-corrected chi connectivity index (χ3v) is 2.77. The highest BCUT2D eigenvalue weighted by molar-refractivity contribution is 6.22. The van der Waals surface area contributed by atoms with E-state index >= 15 is 0 Å². The van der Waals surface area contributed by atoms with E-state index < -0.39 is 0 Å². The number of halogens is 1. The van der Waals surface area contributed by atoms with Crippen LogP contribution in [0.3, 0.4) is 0 Å². The lowest BCUT2D eigenvalue weighted by Gasteiger charge is -2.12. The van der Waals surface area contributed by atoms with Crippen LogP contribution in [-0.4, -0.2) is 6.10 Å². The monoisotopic (exact) mass is 159 g/mol. The first-order valence-electron chi connectivity index (χ1n) is 4.34. The maximum atomic E-state index is 7.68. The van der Waals surface area contributed by atoms with Gasteiger partial charge in [0, 0.05) is 1.37 Å². The minimum absolute atomic E-state index is 0.0868. The Kier molecular flexibility index (Phi) is 1.58. The van der Waals surface area contributed by atoms with Crippen molar-refractivity contribution in [1.29, 1.82) is 0 Å². The predicted molar refractivity (Wildman–Crippen MR) is 39.4 cm³/mol. The average Bonchev–Trinajstić information content (AvgIpc) is 2.46. The van der Waals surface area contributed by atoms with Crippen LogP contribution >= 0.6 is 11.6 Å². The fourth-order valence-corrected chi connectivity index (χ4v) is 2.28. The summed E-state index contributed by atoms with van der Waals surface area (Å²) in [7, 11) is 0. The van der Waals surface area contributed by atoms with Gasteiger partial charge in [0.15, 0.2) is 0 Å². The van der Waals surface area contributed by atoms with E-state index in [-0.39, 0.29) is 12.5 Å². The second kappa shape index (κ2) is 2.71. The van der Waals surface area contributed by atoms with Gasteiger partial charge in [-0.1, -0.05) is 11.6 Å². The van der Waals surface area contributed by atoms with E-state index in [0.717, 1.165) is 12.8 Å². The normalized spacial score (nSPS) is 53.5. The molecule has 0 aromatic heterocycles. The summed E-state index contributed by atoms with van der Waals surface area (Å²) in [5, 5.41) is 0. The van der Waals surface area contributed by atoms with Crippen LogP contribution in [0, 0.1) is 17.9 Å². The summed E-state index contributed by atoms with van der Waals surface area (Å²) in [6.45, 7) is 0. The molecule has 2 saturated carbocycles. The van der Waals surface area contributed by atoms with Gasteiger partial charge in [0.25, 0.3) is 0 Å². The zero-order chi connectivity index (χ0) is 7.84. The summed E-state index contributed by atoms with van der Waals surface area (Å²) >= 11 is 5.25. The summed E-state index contributed by atoms with van der Waals surface area (Å²) in [5.74, 6) is 1.000. The highest BCUT2D eigenvalue weighted by Gasteiger charge is 2.42. The number of rotatable bonds is 2. The topological polar surface area (TPSA) is 9.23 Å². The van der Waals surface area contributed by atoms with E-state index in [1.807, 2.05) is 0 Å². The molecule has 0 spiro atoms. The second-order valence-corrected chi connectivity index (χ2v) is 3.29. The average molecular weight is 160 g/mol. The lowest BCUT2D eigenvalue weighted by molar-refractivity contribution is 0.0876. The van der Waals surface area contributed by atoms with Crippen LogP contribution in [0.15, 0.2) is 0 Å². The van der Waals surface area contributed by atoms with Crippen molar-refractivity contribution in [3.63, 3.8) is 0 Å². The van der Waals surface area contributed by atoms with Crippen LogP contribution in [-0.2, 0) is 4.74 Å². The van der Waals surface area contributed by atoms with Gasteiger partial charge in [-0.05, 0) is 37.5 Å². The number of hydrogen-bond donors (Lipinski definition) is 0. The van der Waals surface area contributed by atoms with Gasteiger partial charge in [-0.3, -0.25) is 0 Å². The second-order valence-electron chi connectivity index (χ2n) is 3.13. The summed E-state index contributed by atoms with van der Waals surface area (Å²) in [6, 6.07) is 2.22. The third kappa shape index (κ3) is 0.960. The summed E-state index contributed by atoms with van der Waals surface area (Å²) in [4.78, 5) is 0. The SMILES string of the molecule is [2H]C1CC2CCC1[C@H]2O[C]Cl. The minimum Gasteiger partial charge on any atom is -0.348 e. The van der Waals surface area contributed by atoms with Gasteiger partial charge in [0.2, 0.25) is 6.07 Å². The van der Waals surface area contributed by atoms with Crippen molar-refractivity contribution in [2.75, 3.05) is 0 Å². The number of fused-ring (bicyclic) bond motifs is 2. The van der Waals surface area contributed by atoms with Crippen LogP contribution in [0.2, 0.25) is 0 Å². The van der Waals surface area contributed by atoms with Crippen molar-refractivity contribution in [2.24, 2.45) is 11.8 Å². The predicted octanol–water partition coefficient (Wildman–Crippen LogP) is 2.43. The van der Waals surface area contributed by atoms with E-state index in [2.05, 4.69) is 6.07 Å². The maximum Gasteiger partial charge on any atom is 0.237 e. The molecule has 2 bridgehead atoms. The first kappa shape index (κ1) is 5.84. The van der Waals surface area contributed by atoms with Gasteiger partial charge < -0.3 is 4.74 Å². The summed E-state index contributed by atoms with van der Waals surface area (Å²) in [5.41, 5.74) is 0. The van der Waals surface area contributed by atoms with E-state index in [4.69, 9.17) is 17.7 Å². The van der Waals surface area contributed by atoms with E-state index in [1.54, 1.807) is 0 Å². The van der Waals surface area contributed by atoms with E-state index in [0.29, 0.717) is 11.8 Å². The van der Waals surface area contributed by atoms with Crippen LogP contribution in [0.25, 0.3) is 0 Å². The summed E-state index contributed by atoms with van der Waals surface area (Å²) < 4.78 is 12.8. The van der Waals surface area contributed by atoms with Crippen molar-refractivity contribution >= 4 is 11.6 Å². The molecule has 2 fully saturated rings. The molecule has 10 heavy (non-hydrogen) atoms. The molecule has 56 valence electrons. The third-order valence-electron chi connectivity index (χ3n) is 2.68. The van der Waals surface area contributed by atoms with Gasteiger partial charge in [0.1, 0.15) is 0 Å². The molecule has 2 rings (SSSR count). The van der Waals surface area contributed by atoms with Crippen LogP contribution in [0.5, 0.6) is 0 Å². The molecule has 2 heteroatoms. The van der Waals surface area contributed by atoms with Crippen molar-refractivity contribution in [2.45, 2.75) is 31.8 Å². The highest BCUT2D eigenvalue weighted by Crippen LogP contribution is 2.46. The molecule has 0 amide bonds. The molecular weight excluding hydrogens is 148 g/mol. The fourth-order valence-electron chi connectivity index (χ4n) is 2.17. The largest absolute Gasteiger partial charge is 0.348 e. The van der Waals surface area contributed by atoms with Crippen LogP contribution in [0.1, 0.15) is 27.0 Å². The minimum atomic E-state index is 0.0868. The van der Waals surface area contributed by atoms with E-state index in [9.17, 15) is 0 Å². The highest BCUT2D eigenvalue weighted by atomic mass is 35.5. The fraction of sp³-hybridized carbons (Fsp3) is 0.875. The van der Waals surface area contributed by atoms with Crippen molar-refractivity contribution < 1.29 is 6.11 Å². The Labute approximate surface area is 68.1 Å². The number of hydrogen-bond acceptors (Lipinski definition) is 1. The first-order chi connectivity index (χ1) is 5.33. The molecule has 0 heterocycles. The Morgan fingerprint density at radius 2 is 2.20 bits per heavy atom. The lowest BCUT2D eigenvalue weighted by Crippen LogP contribution is -2.15. The molecule has 2 radical (unpaired) electrons. The van der Waals surface area contributed by atoms with Crippen molar-refractivity contribution in [3.8, 4) is 0 Å². The molecular formula is C8H11ClO. The molecule has 0 saturated heterocycles. The Hall–Kier alpha value is 0.250. The lowest BCUT2D eigenvalue weighted by atomic mass is 10.0. The van der Waals surface area contributed by atoms with Crippen LogP contribution < -0.4 is 0 Å². The molecule has 2 aliphatic rings. The van der Waals surface area contributed by atoms with Gasteiger partial charge in [-0.15, -0.1) is 0 Å². The first-order valence-corrected chi connectivity index (χ1v) is 4.14. The molecule has 1 nitrogen and oxygen atoms in total. The Bertz CT molecular complexity index is 153. The van der Waals surface area contributed by atoms with Gasteiger partial charge in [-0.25, -0.2) is 0 Å². The quantitative estimate of drug-likeness (QED) is 0.602. The van der Waals surface area contributed by atoms with Crippen molar-refractivity contribution in [3.05, 3.63) is 6.07 Å². The van der Waals surface area contributed by atoms with Crippen LogP contribution in [0.4, 0.5) is 0 Å². The summed E-state index contributed by atoms with van der Waals surface area (Å²) in [6.07, 6.45) is 3.64. The zero-order valence-corrected chi connectivity index (χ0v) is 6.47. The zero-order valence-electron chi connectivity index (χ0n) is 6.72. The molecule has 2 aliphatic carbocycles. The van der Waals surface area contributed by atoms with Gasteiger partial charge >= 0.3 is 0 Å². The molecule has 3 unspecified atom stereocenters. The standard InChI is InChI=1S/C8H11ClO/c9-5-10-8-6-1-2-7(8)4-3-6/h6-8H,1-4H2/i1D/t1?,6?,7?,8-/m1/s1. The molecule has 0 N–H and O–H groups in total. The molecule has 0 aliphatic heterocycles. The molecule has 0 aromatic rings. The van der Waals surface area contributed by atoms with E-state index in [1.165, 1.54) is 6.42 Å². The molecule has 0 aromatic carbocycles. The Morgan fingerprint density at radius 3 is 2.70 bits per heavy atom. The van der Waals surface area contributed by atoms with Gasteiger partial charge in [0.05, 0.1) is 6.10 Å².